The Balaban J connectivity index is 2.03. The van der Waals surface area contributed by atoms with E-state index < -0.39 is 0 Å². The normalized spacial score (nSPS) is 17.2. The SMILES string of the molecule is COC1CN(c2cc(N)ccn2)C1. The Bertz CT molecular complexity index is 297. The lowest BCUT2D eigenvalue weighted by Crippen LogP contribution is -2.52. The molecule has 2 N–H and O–H groups in total. The van der Waals surface area contributed by atoms with Crippen LogP contribution in [0.2, 0.25) is 0 Å². The maximum atomic E-state index is 5.64. The number of nitrogen functional groups attached to an aromatic ring is 1. The minimum atomic E-state index is 0.350. The second-order valence-corrected chi connectivity index (χ2v) is 3.21. The monoisotopic (exact) mass is 179 g/mol. The summed E-state index contributed by atoms with van der Waals surface area (Å²) in [6.07, 6.45) is 2.08. The number of hydrogen-bond donors (Lipinski definition) is 1. The first-order valence-electron chi connectivity index (χ1n) is 4.29. The molecule has 1 aromatic heterocycles. The van der Waals surface area contributed by atoms with Crippen LogP contribution in [0.5, 0.6) is 0 Å². The first-order valence-corrected chi connectivity index (χ1v) is 4.29. The fourth-order valence-electron chi connectivity index (χ4n) is 1.38. The summed E-state index contributed by atoms with van der Waals surface area (Å²) in [4.78, 5) is 6.36. The summed E-state index contributed by atoms with van der Waals surface area (Å²) in [6.45, 7) is 1.82. The Labute approximate surface area is 77.3 Å². The fraction of sp³-hybridized carbons (Fsp3) is 0.444. The maximum absolute atomic E-state index is 5.64. The molecule has 13 heavy (non-hydrogen) atoms. The Kier molecular flexibility index (Phi) is 2.06. The van der Waals surface area contributed by atoms with Crippen LogP contribution in [0.15, 0.2) is 18.3 Å². The number of rotatable bonds is 2. The molecule has 1 aliphatic rings. The van der Waals surface area contributed by atoms with Gasteiger partial charge in [-0.1, -0.05) is 0 Å². The molecule has 0 radical (unpaired) electrons. The van der Waals surface area contributed by atoms with Gasteiger partial charge in [0, 0.05) is 38.1 Å². The lowest BCUT2D eigenvalue weighted by molar-refractivity contribution is 0.0783. The van der Waals surface area contributed by atoms with E-state index in [9.17, 15) is 0 Å². The summed E-state index contributed by atoms with van der Waals surface area (Å²) >= 11 is 0. The Morgan fingerprint density at radius 2 is 2.38 bits per heavy atom. The van der Waals surface area contributed by atoms with Crippen molar-refractivity contribution in [3.05, 3.63) is 18.3 Å². The number of hydrogen-bond acceptors (Lipinski definition) is 4. The highest BCUT2D eigenvalue weighted by atomic mass is 16.5. The van der Waals surface area contributed by atoms with Gasteiger partial charge < -0.3 is 15.4 Å². The molecule has 1 fully saturated rings. The van der Waals surface area contributed by atoms with E-state index in [1.165, 1.54) is 0 Å². The number of nitrogens with two attached hydrogens (primary N) is 1. The van der Waals surface area contributed by atoms with Gasteiger partial charge >= 0.3 is 0 Å². The first kappa shape index (κ1) is 8.31. The maximum Gasteiger partial charge on any atom is 0.130 e. The molecule has 1 aliphatic heterocycles. The Hall–Kier alpha value is -1.29. The highest BCUT2D eigenvalue weighted by Crippen LogP contribution is 2.20. The molecular formula is C9H13N3O. The standard InChI is InChI=1S/C9H13N3O/c1-13-8-5-12(6-8)9-4-7(10)2-3-11-9/h2-4,8H,5-6H2,1H3,(H2,10,11). The molecule has 2 rings (SSSR count). The number of anilines is 2. The zero-order chi connectivity index (χ0) is 9.26. The van der Waals surface area contributed by atoms with Crippen molar-refractivity contribution >= 4 is 11.5 Å². The van der Waals surface area contributed by atoms with Crippen LogP contribution in [-0.4, -0.2) is 31.3 Å². The summed E-state index contributed by atoms with van der Waals surface area (Å²) in [5, 5.41) is 0. The van der Waals surface area contributed by atoms with Crippen molar-refractivity contribution in [1.29, 1.82) is 0 Å². The van der Waals surface area contributed by atoms with Crippen LogP contribution in [-0.2, 0) is 4.74 Å². The van der Waals surface area contributed by atoms with Gasteiger partial charge in [0.25, 0.3) is 0 Å². The van der Waals surface area contributed by atoms with Crippen LogP contribution in [0.4, 0.5) is 11.5 Å². The molecule has 4 nitrogen and oxygen atoms in total. The second kappa shape index (κ2) is 3.22. The van der Waals surface area contributed by atoms with Crippen molar-refractivity contribution in [1.82, 2.24) is 4.98 Å². The molecule has 70 valence electrons. The molecular weight excluding hydrogens is 166 g/mol. The highest BCUT2D eigenvalue weighted by molar-refractivity contribution is 5.51. The summed E-state index contributed by atoms with van der Waals surface area (Å²) < 4.78 is 5.17. The molecule has 4 heteroatoms. The van der Waals surface area contributed by atoms with Crippen molar-refractivity contribution < 1.29 is 4.74 Å². The van der Waals surface area contributed by atoms with Gasteiger partial charge in [-0.25, -0.2) is 4.98 Å². The minimum absolute atomic E-state index is 0.350. The quantitative estimate of drug-likeness (QED) is 0.718. The van der Waals surface area contributed by atoms with Gasteiger partial charge in [-0.3, -0.25) is 0 Å². The fourth-order valence-corrected chi connectivity index (χ4v) is 1.38. The van der Waals surface area contributed by atoms with Crippen molar-refractivity contribution in [2.45, 2.75) is 6.10 Å². The molecule has 0 bridgehead atoms. The zero-order valence-electron chi connectivity index (χ0n) is 7.60. The lowest BCUT2D eigenvalue weighted by atomic mass is 10.1. The molecule has 0 aliphatic carbocycles. The summed E-state index contributed by atoms with van der Waals surface area (Å²) in [5.41, 5.74) is 6.40. The molecule has 1 aromatic rings. The van der Waals surface area contributed by atoms with Gasteiger partial charge in [0.05, 0.1) is 6.10 Å². The van der Waals surface area contributed by atoms with Crippen LogP contribution in [0, 0.1) is 0 Å². The molecule has 0 saturated carbocycles. The van der Waals surface area contributed by atoms with E-state index in [0.717, 1.165) is 24.6 Å². The Morgan fingerprint density at radius 1 is 1.62 bits per heavy atom. The van der Waals surface area contributed by atoms with E-state index in [2.05, 4.69) is 9.88 Å². The van der Waals surface area contributed by atoms with E-state index in [1.807, 2.05) is 6.07 Å². The van der Waals surface area contributed by atoms with E-state index in [4.69, 9.17) is 10.5 Å². The van der Waals surface area contributed by atoms with Crippen molar-refractivity contribution in [2.75, 3.05) is 30.8 Å². The van der Waals surface area contributed by atoms with E-state index in [1.54, 1.807) is 19.4 Å². The van der Waals surface area contributed by atoms with Crippen molar-refractivity contribution in [2.24, 2.45) is 0 Å². The molecule has 0 atom stereocenters. The van der Waals surface area contributed by atoms with E-state index in [-0.39, 0.29) is 0 Å². The summed E-state index contributed by atoms with van der Waals surface area (Å²) in [7, 11) is 1.73. The van der Waals surface area contributed by atoms with Gasteiger partial charge in [-0.05, 0) is 6.07 Å². The molecule has 0 unspecified atom stereocenters. The van der Waals surface area contributed by atoms with Gasteiger partial charge in [0.1, 0.15) is 5.82 Å². The van der Waals surface area contributed by atoms with Gasteiger partial charge in [0.15, 0.2) is 0 Å². The number of aromatic nitrogens is 1. The molecule has 0 amide bonds. The topological polar surface area (TPSA) is 51.4 Å². The Morgan fingerprint density at radius 3 is 3.00 bits per heavy atom. The first-order chi connectivity index (χ1) is 6.29. The summed E-state index contributed by atoms with van der Waals surface area (Å²) in [6, 6.07) is 3.67. The average Bonchev–Trinajstić information content (AvgIpc) is 2.02. The third-order valence-electron chi connectivity index (χ3n) is 2.27. The number of pyridine rings is 1. The predicted molar refractivity (Wildman–Crippen MR) is 51.7 cm³/mol. The highest BCUT2D eigenvalue weighted by Gasteiger charge is 2.27. The largest absolute Gasteiger partial charge is 0.399 e. The third-order valence-corrected chi connectivity index (χ3v) is 2.27. The number of nitrogens with zero attached hydrogens (tertiary/aromatic N) is 2. The van der Waals surface area contributed by atoms with Crippen LogP contribution in [0.1, 0.15) is 0 Å². The van der Waals surface area contributed by atoms with E-state index in [0.29, 0.717) is 6.10 Å². The molecule has 2 heterocycles. The second-order valence-electron chi connectivity index (χ2n) is 3.21. The van der Waals surface area contributed by atoms with Crippen LogP contribution >= 0.6 is 0 Å². The molecule has 0 aromatic carbocycles. The molecule has 1 saturated heterocycles. The van der Waals surface area contributed by atoms with E-state index >= 15 is 0 Å². The minimum Gasteiger partial charge on any atom is -0.399 e. The summed E-state index contributed by atoms with van der Waals surface area (Å²) in [5.74, 6) is 0.938. The number of methoxy groups -OCH3 is 1. The molecule has 0 spiro atoms. The van der Waals surface area contributed by atoms with Gasteiger partial charge in [0.2, 0.25) is 0 Å². The van der Waals surface area contributed by atoms with Gasteiger partial charge in [-0.2, -0.15) is 0 Å². The zero-order valence-corrected chi connectivity index (χ0v) is 7.60. The third kappa shape index (κ3) is 1.58. The van der Waals surface area contributed by atoms with Crippen molar-refractivity contribution in [3.8, 4) is 0 Å². The lowest BCUT2D eigenvalue weighted by Gasteiger charge is -2.39. The van der Waals surface area contributed by atoms with Crippen LogP contribution < -0.4 is 10.6 Å². The number of ether oxygens (including phenoxy) is 1. The average molecular weight is 179 g/mol. The van der Waals surface area contributed by atoms with Crippen molar-refractivity contribution in [3.63, 3.8) is 0 Å². The predicted octanol–water partition coefficient (Wildman–Crippen LogP) is 0.499. The van der Waals surface area contributed by atoms with Gasteiger partial charge in [-0.15, -0.1) is 0 Å². The smallest absolute Gasteiger partial charge is 0.130 e. The van der Waals surface area contributed by atoms with Crippen LogP contribution in [0.3, 0.4) is 0 Å². The van der Waals surface area contributed by atoms with Crippen LogP contribution in [0.25, 0.3) is 0 Å².